The van der Waals surface area contributed by atoms with Gasteiger partial charge in [-0.25, -0.2) is 4.79 Å². The minimum atomic E-state index is -0.927. The van der Waals surface area contributed by atoms with Gasteiger partial charge >= 0.3 is 11.9 Å². The zero-order valence-electron chi connectivity index (χ0n) is 21.1. The van der Waals surface area contributed by atoms with Gasteiger partial charge in [-0.15, -0.1) is 0 Å². The van der Waals surface area contributed by atoms with Crippen molar-refractivity contribution in [1.82, 2.24) is 5.32 Å². The zero-order valence-corrected chi connectivity index (χ0v) is 21.1. The summed E-state index contributed by atoms with van der Waals surface area (Å²) in [5.41, 5.74) is 2.83. The van der Waals surface area contributed by atoms with E-state index in [0.29, 0.717) is 48.8 Å². The first-order chi connectivity index (χ1) is 16.8. The van der Waals surface area contributed by atoms with Crippen molar-refractivity contribution in [1.29, 1.82) is 0 Å². The number of hydrogen-bond donors (Lipinski definition) is 1. The Hall–Kier alpha value is -3.13. The molecule has 1 aromatic carbocycles. The normalized spacial score (nSPS) is 21.9. The molecular formula is C27H35NO7. The smallest absolute Gasteiger partial charge is 0.336 e. The molecule has 0 spiro atoms. The molecule has 2 aliphatic rings. The standard InChI is InChI=1S/C27H35NO7/c1-6-12-33-13-14-35-27(31)22-17(4)28-20-15-16(3)21(26(30)32-5)25(29)24(20)23(22)18-8-10-19(11-9-18)34-7-2/h8-11,16,21,23,28H,6-7,12-15H2,1-5H3/t16-,21+,23-/m0/s1. The Morgan fingerprint density at radius 2 is 1.80 bits per heavy atom. The van der Waals surface area contributed by atoms with E-state index < -0.39 is 23.8 Å². The van der Waals surface area contributed by atoms with Crippen LogP contribution < -0.4 is 10.1 Å². The highest BCUT2D eigenvalue weighted by Crippen LogP contribution is 2.45. The van der Waals surface area contributed by atoms with Gasteiger partial charge in [0.15, 0.2) is 5.78 Å². The lowest BCUT2D eigenvalue weighted by Crippen LogP contribution is -2.43. The maximum absolute atomic E-state index is 13.7. The molecule has 0 saturated heterocycles. The molecule has 3 atom stereocenters. The molecule has 0 fully saturated rings. The minimum absolute atomic E-state index is 0.104. The Morgan fingerprint density at radius 3 is 2.43 bits per heavy atom. The summed E-state index contributed by atoms with van der Waals surface area (Å²) in [6, 6.07) is 7.31. The highest BCUT2D eigenvalue weighted by Gasteiger charge is 2.47. The average molecular weight is 486 g/mol. The third-order valence-electron chi connectivity index (χ3n) is 6.30. The Kier molecular flexibility index (Phi) is 9.09. The van der Waals surface area contributed by atoms with Gasteiger partial charge in [0, 0.05) is 29.5 Å². The van der Waals surface area contributed by atoms with Crippen LogP contribution in [0.4, 0.5) is 0 Å². The van der Waals surface area contributed by atoms with Crippen molar-refractivity contribution >= 4 is 17.7 Å². The number of methoxy groups -OCH3 is 1. The van der Waals surface area contributed by atoms with Gasteiger partial charge in [-0.05, 0) is 50.3 Å². The molecule has 1 aromatic rings. The molecule has 0 amide bonds. The summed E-state index contributed by atoms with van der Waals surface area (Å²) in [7, 11) is 1.28. The lowest BCUT2D eigenvalue weighted by molar-refractivity contribution is -0.151. The van der Waals surface area contributed by atoms with E-state index in [-0.39, 0.29) is 18.3 Å². The summed E-state index contributed by atoms with van der Waals surface area (Å²) in [4.78, 5) is 39.5. The number of dihydropyridines is 1. The van der Waals surface area contributed by atoms with Crippen LogP contribution in [0.5, 0.6) is 5.75 Å². The molecule has 0 saturated carbocycles. The fourth-order valence-corrected chi connectivity index (χ4v) is 4.73. The van der Waals surface area contributed by atoms with Crippen molar-refractivity contribution in [3.63, 3.8) is 0 Å². The van der Waals surface area contributed by atoms with Crippen LogP contribution in [0.3, 0.4) is 0 Å². The Bertz CT molecular complexity index is 1010. The van der Waals surface area contributed by atoms with E-state index in [0.717, 1.165) is 17.7 Å². The molecule has 8 heteroatoms. The molecule has 1 heterocycles. The van der Waals surface area contributed by atoms with E-state index >= 15 is 0 Å². The number of Topliss-reactive ketones (excluding diaryl/α,β-unsaturated/α-hetero) is 1. The minimum Gasteiger partial charge on any atom is -0.494 e. The van der Waals surface area contributed by atoms with Gasteiger partial charge < -0.3 is 24.3 Å². The average Bonchev–Trinajstić information content (AvgIpc) is 2.83. The number of benzene rings is 1. The molecule has 8 nitrogen and oxygen atoms in total. The fraction of sp³-hybridized carbons (Fsp3) is 0.519. The van der Waals surface area contributed by atoms with Crippen LogP contribution in [0.15, 0.2) is 46.8 Å². The monoisotopic (exact) mass is 485 g/mol. The van der Waals surface area contributed by atoms with Crippen molar-refractivity contribution in [3.05, 3.63) is 52.4 Å². The number of ketones is 1. The van der Waals surface area contributed by atoms with E-state index in [4.69, 9.17) is 18.9 Å². The molecule has 3 rings (SSSR count). The van der Waals surface area contributed by atoms with Crippen LogP contribution in [-0.2, 0) is 28.6 Å². The first-order valence-electron chi connectivity index (χ1n) is 12.1. The molecular weight excluding hydrogens is 450 g/mol. The lowest BCUT2D eigenvalue weighted by Gasteiger charge is -2.38. The molecule has 35 heavy (non-hydrogen) atoms. The summed E-state index contributed by atoms with van der Waals surface area (Å²) in [5.74, 6) is -2.58. The summed E-state index contributed by atoms with van der Waals surface area (Å²) in [6.07, 6.45) is 1.36. The number of carbonyl (C=O) groups excluding carboxylic acids is 3. The number of esters is 2. The highest BCUT2D eigenvalue weighted by atomic mass is 16.6. The van der Waals surface area contributed by atoms with Gasteiger partial charge in [0.1, 0.15) is 18.3 Å². The topological polar surface area (TPSA) is 100 Å². The second-order valence-corrected chi connectivity index (χ2v) is 8.79. The molecule has 1 N–H and O–H groups in total. The van der Waals surface area contributed by atoms with Crippen molar-refractivity contribution in [2.75, 3.05) is 33.5 Å². The van der Waals surface area contributed by atoms with Crippen LogP contribution in [0.1, 0.15) is 52.0 Å². The fourth-order valence-electron chi connectivity index (χ4n) is 4.73. The maximum atomic E-state index is 13.7. The van der Waals surface area contributed by atoms with E-state index in [9.17, 15) is 14.4 Å². The van der Waals surface area contributed by atoms with E-state index in [1.165, 1.54) is 7.11 Å². The van der Waals surface area contributed by atoms with E-state index in [1.807, 2.05) is 45.0 Å². The number of allylic oxidation sites excluding steroid dienone is 3. The van der Waals surface area contributed by atoms with Gasteiger partial charge in [0.05, 0.1) is 25.9 Å². The molecule has 0 unspecified atom stereocenters. The van der Waals surface area contributed by atoms with Gasteiger partial charge in [-0.2, -0.15) is 0 Å². The summed E-state index contributed by atoms with van der Waals surface area (Å²) in [6.45, 7) is 9.08. The molecule has 0 bridgehead atoms. The van der Waals surface area contributed by atoms with Gasteiger partial charge in [-0.1, -0.05) is 26.0 Å². The van der Waals surface area contributed by atoms with Gasteiger partial charge in [0.25, 0.3) is 0 Å². The van der Waals surface area contributed by atoms with Crippen LogP contribution >= 0.6 is 0 Å². The van der Waals surface area contributed by atoms with Crippen molar-refractivity contribution < 1.29 is 33.3 Å². The first kappa shape index (κ1) is 26.5. The summed E-state index contributed by atoms with van der Waals surface area (Å²) >= 11 is 0. The number of ether oxygens (including phenoxy) is 4. The van der Waals surface area contributed by atoms with Crippen molar-refractivity contribution in [2.24, 2.45) is 11.8 Å². The second-order valence-electron chi connectivity index (χ2n) is 8.79. The molecule has 0 radical (unpaired) electrons. The number of rotatable bonds is 10. The predicted octanol–water partition coefficient (Wildman–Crippen LogP) is 3.67. The van der Waals surface area contributed by atoms with Crippen LogP contribution in [0.25, 0.3) is 0 Å². The Morgan fingerprint density at radius 1 is 1.09 bits per heavy atom. The zero-order chi connectivity index (χ0) is 25.5. The van der Waals surface area contributed by atoms with Gasteiger partial charge in [-0.3, -0.25) is 9.59 Å². The lowest BCUT2D eigenvalue weighted by atomic mass is 9.69. The van der Waals surface area contributed by atoms with Crippen molar-refractivity contribution in [2.45, 2.75) is 46.5 Å². The third kappa shape index (κ3) is 5.75. The SMILES string of the molecule is CCCOCCOC(=O)C1=C(C)NC2=C(C(=O)[C@H](C(=O)OC)[C@@H](C)C2)[C@H]1c1ccc(OCC)cc1. The van der Waals surface area contributed by atoms with Gasteiger partial charge in [0.2, 0.25) is 0 Å². The van der Waals surface area contributed by atoms with Crippen LogP contribution in [-0.4, -0.2) is 51.3 Å². The predicted molar refractivity (Wildman–Crippen MR) is 130 cm³/mol. The number of nitrogens with one attached hydrogen (secondary N) is 1. The van der Waals surface area contributed by atoms with E-state index in [2.05, 4.69) is 5.32 Å². The second kappa shape index (κ2) is 12.0. The quantitative estimate of drug-likeness (QED) is 0.304. The van der Waals surface area contributed by atoms with Crippen molar-refractivity contribution in [3.8, 4) is 5.75 Å². The Labute approximate surface area is 206 Å². The molecule has 190 valence electrons. The molecule has 0 aromatic heterocycles. The summed E-state index contributed by atoms with van der Waals surface area (Å²) in [5, 5.41) is 3.26. The molecule has 1 aliphatic heterocycles. The van der Waals surface area contributed by atoms with Crippen LogP contribution in [0.2, 0.25) is 0 Å². The summed E-state index contributed by atoms with van der Waals surface area (Å²) < 4.78 is 21.5. The third-order valence-corrected chi connectivity index (χ3v) is 6.30. The largest absolute Gasteiger partial charge is 0.494 e. The Balaban J connectivity index is 2.01. The molecule has 1 aliphatic carbocycles. The maximum Gasteiger partial charge on any atom is 0.336 e. The first-order valence-corrected chi connectivity index (χ1v) is 12.1. The number of carbonyl (C=O) groups is 3. The van der Waals surface area contributed by atoms with E-state index in [1.54, 1.807) is 6.92 Å². The highest BCUT2D eigenvalue weighted by molar-refractivity contribution is 6.12. The number of hydrogen-bond acceptors (Lipinski definition) is 8. The van der Waals surface area contributed by atoms with Crippen LogP contribution in [0, 0.1) is 11.8 Å².